The van der Waals surface area contributed by atoms with Gasteiger partial charge in [-0.3, -0.25) is 4.79 Å². The second-order valence-electron chi connectivity index (χ2n) is 11.9. The van der Waals surface area contributed by atoms with Gasteiger partial charge in [-0.2, -0.15) is 0 Å². The Labute approximate surface area is 218 Å². The van der Waals surface area contributed by atoms with Gasteiger partial charge in [0.2, 0.25) is 0 Å². The number of carboxylic acids is 1. The zero-order chi connectivity index (χ0) is 26.4. The highest BCUT2D eigenvalue weighted by Crippen LogP contribution is 2.18. The van der Waals surface area contributed by atoms with Crippen LogP contribution >= 0.6 is 0 Å². The van der Waals surface area contributed by atoms with Crippen LogP contribution < -0.4 is 5.11 Å². The van der Waals surface area contributed by atoms with Gasteiger partial charge in [-0.1, -0.05) is 123 Å². The molecule has 208 valence electrons. The molecule has 0 spiro atoms. The van der Waals surface area contributed by atoms with Crippen LogP contribution in [0, 0.1) is 5.92 Å². The summed E-state index contributed by atoms with van der Waals surface area (Å²) in [5, 5.41) is 10.9. The van der Waals surface area contributed by atoms with Gasteiger partial charge in [-0.25, -0.2) is 0 Å². The Morgan fingerprint density at radius 2 is 1.14 bits per heavy atom. The number of ether oxygens (including phenoxy) is 1. The van der Waals surface area contributed by atoms with Gasteiger partial charge in [0.25, 0.3) is 0 Å². The number of esters is 1. The van der Waals surface area contributed by atoms with Crippen LogP contribution in [-0.4, -0.2) is 50.2 Å². The highest BCUT2D eigenvalue weighted by atomic mass is 16.5. The average molecular weight is 498 g/mol. The van der Waals surface area contributed by atoms with Crippen LogP contribution in [0.4, 0.5) is 0 Å². The van der Waals surface area contributed by atoms with E-state index < -0.39 is 12.1 Å². The summed E-state index contributed by atoms with van der Waals surface area (Å²) < 4.78 is 5.95. The first-order valence-electron chi connectivity index (χ1n) is 14.8. The Morgan fingerprint density at radius 3 is 1.57 bits per heavy atom. The van der Waals surface area contributed by atoms with E-state index in [4.69, 9.17) is 4.74 Å². The smallest absolute Gasteiger partial charge is 0.306 e. The molecule has 35 heavy (non-hydrogen) atoms. The molecule has 0 fully saturated rings. The van der Waals surface area contributed by atoms with E-state index in [1.165, 1.54) is 96.3 Å². The molecule has 0 heterocycles. The second-order valence-corrected chi connectivity index (χ2v) is 11.9. The maximum Gasteiger partial charge on any atom is 0.306 e. The molecule has 0 aliphatic carbocycles. The summed E-state index contributed by atoms with van der Waals surface area (Å²) in [6.07, 6.45) is 23.1. The molecule has 0 N–H and O–H groups in total. The van der Waals surface area contributed by atoms with Crippen molar-refractivity contribution in [2.24, 2.45) is 5.92 Å². The lowest BCUT2D eigenvalue weighted by Gasteiger charge is -2.29. The van der Waals surface area contributed by atoms with Crippen molar-refractivity contribution in [2.75, 3.05) is 27.7 Å². The minimum Gasteiger partial charge on any atom is -0.550 e. The number of aliphatic carboxylic acids is 1. The number of rotatable bonds is 25. The minimum atomic E-state index is -1.17. The maximum atomic E-state index is 12.1. The lowest BCUT2D eigenvalue weighted by Crippen LogP contribution is -2.45. The van der Waals surface area contributed by atoms with E-state index in [0.29, 0.717) is 17.4 Å². The number of likely N-dealkylation sites (N-methyl/N-ethyl adjacent to an activating group) is 1. The SMILES string of the molecule is CCCCCCC(C)CCCCCCCCCCCCCCC(=O)OC(CC(=O)[O-])C[N+](C)(C)C. The number of carbonyl (C=O) groups excluding carboxylic acids is 2. The molecule has 0 saturated heterocycles. The van der Waals surface area contributed by atoms with Crippen molar-refractivity contribution in [3.63, 3.8) is 0 Å². The lowest BCUT2D eigenvalue weighted by atomic mass is 9.96. The molecule has 0 amide bonds. The Bertz CT molecular complexity index is 515. The first kappa shape index (κ1) is 33.9. The third-order valence-electron chi connectivity index (χ3n) is 6.82. The van der Waals surface area contributed by atoms with E-state index in [1.54, 1.807) is 0 Å². The highest BCUT2D eigenvalue weighted by Gasteiger charge is 2.22. The van der Waals surface area contributed by atoms with Gasteiger partial charge in [0.15, 0.2) is 6.10 Å². The molecule has 2 unspecified atom stereocenters. The van der Waals surface area contributed by atoms with Crippen molar-refractivity contribution < 1.29 is 23.9 Å². The molecule has 0 radical (unpaired) electrons. The molecular weight excluding hydrogens is 438 g/mol. The molecule has 0 aromatic rings. The van der Waals surface area contributed by atoms with Crippen LogP contribution in [-0.2, 0) is 14.3 Å². The lowest BCUT2D eigenvalue weighted by molar-refractivity contribution is -0.873. The van der Waals surface area contributed by atoms with Crippen molar-refractivity contribution >= 4 is 11.9 Å². The predicted octanol–water partition coefficient (Wildman–Crippen LogP) is 6.81. The Kier molecular flexibility index (Phi) is 21.4. The fourth-order valence-electron chi connectivity index (χ4n) is 4.78. The molecule has 0 bridgehead atoms. The number of nitrogens with zero attached hydrogens (tertiary/aromatic N) is 1. The number of hydrogen-bond acceptors (Lipinski definition) is 4. The summed E-state index contributed by atoms with van der Waals surface area (Å²) in [5.41, 5.74) is 0. The summed E-state index contributed by atoms with van der Waals surface area (Å²) in [7, 11) is 5.86. The monoisotopic (exact) mass is 497 g/mol. The van der Waals surface area contributed by atoms with Crippen molar-refractivity contribution in [3.05, 3.63) is 0 Å². The summed E-state index contributed by atoms with van der Waals surface area (Å²) in [5.74, 6) is -0.544. The van der Waals surface area contributed by atoms with E-state index in [1.807, 2.05) is 21.1 Å². The van der Waals surface area contributed by atoms with Gasteiger partial charge in [0.05, 0.1) is 21.1 Å². The first-order valence-corrected chi connectivity index (χ1v) is 14.8. The minimum absolute atomic E-state index is 0.236. The summed E-state index contributed by atoms with van der Waals surface area (Å²) in [6.45, 7) is 5.18. The van der Waals surface area contributed by atoms with Gasteiger partial charge in [-0.15, -0.1) is 0 Å². The van der Waals surface area contributed by atoms with Gasteiger partial charge >= 0.3 is 5.97 Å². The molecule has 0 aromatic heterocycles. The topological polar surface area (TPSA) is 66.4 Å². The summed E-state index contributed by atoms with van der Waals surface area (Å²) in [4.78, 5) is 23.0. The van der Waals surface area contributed by atoms with Crippen LogP contribution in [0.2, 0.25) is 0 Å². The molecule has 0 rings (SSSR count). The molecule has 0 saturated carbocycles. The van der Waals surface area contributed by atoms with Crippen molar-refractivity contribution in [3.8, 4) is 0 Å². The van der Waals surface area contributed by atoms with Crippen LogP contribution in [0.1, 0.15) is 142 Å². The zero-order valence-electron chi connectivity index (χ0n) is 24.1. The number of quaternary nitrogens is 1. The van der Waals surface area contributed by atoms with Crippen LogP contribution in [0.3, 0.4) is 0 Å². The summed E-state index contributed by atoms with van der Waals surface area (Å²) in [6, 6.07) is 0. The molecule has 0 aliphatic rings. The quantitative estimate of drug-likeness (QED) is 0.0789. The zero-order valence-corrected chi connectivity index (χ0v) is 24.1. The van der Waals surface area contributed by atoms with Crippen LogP contribution in [0.5, 0.6) is 0 Å². The van der Waals surface area contributed by atoms with E-state index in [9.17, 15) is 14.7 Å². The average Bonchev–Trinajstić information content (AvgIpc) is 2.75. The molecule has 2 atom stereocenters. The number of unbranched alkanes of at least 4 members (excludes halogenated alkanes) is 14. The van der Waals surface area contributed by atoms with Gasteiger partial charge < -0.3 is 19.1 Å². The Hall–Kier alpha value is -1.10. The van der Waals surface area contributed by atoms with Crippen molar-refractivity contribution in [2.45, 2.75) is 148 Å². The van der Waals surface area contributed by atoms with Gasteiger partial charge in [0.1, 0.15) is 6.54 Å². The van der Waals surface area contributed by atoms with Crippen molar-refractivity contribution in [1.82, 2.24) is 0 Å². The third kappa shape index (κ3) is 25.8. The normalized spacial score (nSPS) is 13.5. The largest absolute Gasteiger partial charge is 0.550 e. The van der Waals surface area contributed by atoms with E-state index in [-0.39, 0.29) is 12.4 Å². The summed E-state index contributed by atoms with van der Waals surface area (Å²) >= 11 is 0. The van der Waals surface area contributed by atoms with E-state index in [2.05, 4.69) is 13.8 Å². The second kappa shape index (κ2) is 22.1. The number of carboxylic acid groups (broad SMARTS) is 1. The van der Waals surface area contributed by atoms with E-state index >= 15 is 0 Å². The van der Waals surface area contributed by atoms with Crippen LogP contribution in [0.25, 0.3) is 0 Å². The van der Waals surface area contributed by atoms with Crippen molar-refractivity contribution in [1.29, 1.82) is 0 Å². The van der Waals surface area contributed by atoms with Gasteiger partial charge in [-0.05, 0) is 12.3 Å². The molecular formula is C30H59NO4. The number of hydrogen-bond donors (Lipinski definition) is 0. The first-order chi connectivity index (χ1) is 16.6. The fraction of sp³-hybridized carbons (Fsp3) is 0.933. The van der Waals surface area contributed by atoms with Crippen LogP contribution in [0.15, 0.2) is 0 Å². The standard InChI is InChI=1S/C30H59NO4/c1-6-7-8-19-22-27(2)23-20-17-15-13-11-9-10-12-14-16-18-21-24-30(34)35-28(25-29(32)33)26-31(3,4)5/h27-28H,6-26H2,1-5H3. The predicted molar refractivity (Wildman–Crippen MR) is 145 cm³/mol. The highest BCUT2D eigenvalue weighted by molar-refractivity contribution is 5.70. The Morgan fingerprint density at radius 1 is 0.714 bits per heavy atom. The molecule has 0 aromatic carbocycles. The number of carbonyl (C=O) groups is 2. The molecule has 5 nitrogen and oxygen atoms in total. The van der Waals surface area contributed by atoms with Gasteiger partial charge in [0, 0.05) is 18.8 Å². The maximum absolute atomic E-state index is 12.1. The molecule has 0 aliphatic heterocycles. The third-order valence-corrected chi connectivity index (χ3v) is 6.82. The molecule has 5 heteroatoms. The fourth-order valence-corrected chi connectivity index (χ4v) is 4.78. The van der Waals surface area contributed by atoms with E-state index in [0.717, 1.165) is 25.2 Å². The Balaban J connectivity index is 3.51.